The van der Waals surface area contributed by atoms with Gasteiger partial charge in [0.15, 0.2) is 0 Å². The van der Waals surface area contributed by atoms with E-state index in [0.29, 0.717) is 0 Å². The number of hydrogen-bond acceptors (Lipinski definition) is 2. The molecule has 3 unspecified atom stereocenters. The van der Waals surface area contributed by atoms with Gasteiger partial charge in [-0.2, -0.15) is 0 Å². The van der Waals surface area contributed by atoms with E-state index in [4.69, 9.17) is 0 Å². The molecule has 0 spiro atoms. The first-order valence-electron chi connectivity index (χ1n) is 7.18. The number of nitrogens with one attached hydrogen (secondary N) is 1. The Labute approximate surface area is 101 Å². The summed E-state index contributed by atoms with van der Waals surface area (Å²) in [6.07, 6.45) is 7.63. The molecule has 1 N–H and O–H groups in total. The van der Waals surface area contributed by atoms with Gasteiger partial charge in [-0.25, -0.2) is 0 Å². The molecule has 0 aliphatic heterocycles. The highest BCUT2D eigenvalue weighted by molar-refractivity contribution is 4.90. The third kappa shape index (κ3) is 3.21. The summed E-state index contributed by atoms with van der Waals surface area (Å²) >= 11 is 0. The van der Waals surface area contributed by atoms with Crippen molar-refractivity contribution in [2.75, 3.05) is 33.2 Å². The minimum Gasteiger partial charge on any atom is -0.316 e. The van der Waals surface area contributed by atoms with E-state index >= 15 is 0 Å². The molecule has 2 aliphatic carbocycles. The van der Waals surface area contributed by atoms with Crippen LogP contribution in [0.1, 0.15) is 39.0 Å². The lowest BCUT2D eigenvalue weighted by atomic mass is 9.86. The van der Waals surface area contributed by atoms with E-state index in [1.807, 2.05) is 0 Å². The van der Waals surface area contributed by atoms with Crippen LogP contribution >= 0.6 is 0 Å². The molecule has 0 radical (unpaired) electrons. The Morgan fingerprint density at radius 2 is 2.06 bits per heavy atom. The Morgan fingerprint density at radius 3 is 2.69 bits per heavy atom. The molecule has 16 heavy (non-hydrogen) atoms. The van der Waals surface area contributed by atoms with Crippen LogP contribution in [-0.4, -0.2) is 38.1 Å². The van der Waals surface area contributed by atoms with Gasteiger partial charge in [0.1, 0.15) is 0 Å². The Hall–Kier alpha value is -0.0800. The molecule has 3 atom stereocenters. The van der Waals surface area contributed by atoms with Crippen LogP contribution in [0.4, 0.5) is 0 Å². The minimum atomic E-state index is 1.07. The van der Waals surface area contributed by atoms with Crippen LogP contribution in [0.25, 0.3) is 0 Å². The highest BCUT2D eigenvalue weighted by Gasteiger charge is 2.38. The van der Waals surface area contributed by atoms with Crippen molar-refractivity contribution < 1.29 is 0 Å². The molecule has 0 amide bonds. The molecular weight excluding hydrogens is 196 g/mol. The van der Waals surface area contributed by atoms with Crippen molar-refractivity contribution in [1.82, 2.24) is 10.2 Å². The lowest BCUT2D eigenvalue weighted by molar-refractivity contribution is 0.252. The summed E-state index contributed by atoms with van der Waals surface area (Å²) in [5.74, 6) is 3.29. The zero-order valence-electron chi connectivity index (χ0n) is 11.0. The first-order chi connectivity index (χ1) is 7.79. The van der Waals surface area contributed by atoms with Gasteiger partial charge in [0.05, 0.1) is 0 Å². The molecule has 2 aliphatic rings. The molecule has 2 fully saturated rings. The molecule has 0 heterocycles. The predicted octanol–water partition coefficient (Wildman–Crippen LogP) is 2.35. The predicted molar refractivity (Wildman–Crippen MR) is 69.6 cm³/mol. The molecule has 2 rings (SSSR count). The number of rotatable bonds is 7. The molecule has 2 nitrogen and oxygen atoms in total. The maximum atomic E-state index is 3.39. The van der Waals surface area contributed by atoms with Crippen molar-refractivity contribution in [1.29, 1.82) is 0 Å². The fourth-order valence-electron chi connectivity index (χ4n) is 3.67. The quantitative estimate of drug-likeness (QED) is 0.668. The van der Waals surface area contributed by atoms with Crippen LogP contribution in [0.3, 0.4) is 0 Å². The average Bonchev–Trinajstić information content (AvgIpc) is 2.88. The molecule has 2 bridgehead atoms. The summed E-state index contributed by atoms with van der Waals surface area (Å²) in [5.41, 5.74) is 0. The van der Waals surface area contributed by atoms with E-state index in [-0.39, 0.29) is 0 Å². The second kappa shape index (κ2) is 6.02. The molecule has 2 saturated carbocycles. The van der Waals surface area contributed by atoms with E-state index in [9.17, 15) is 0 Å². The molecule has 0 saturated heterocycles. The monoisotopic (exact) mass is 224 g/mol. The van der Waals surface area contributed by atoms with Gasteiger partial charge in [-0.3, -0.25) is 0 Å². The van der Waals surface area contributed by atoms with E-state index in [0.717, 1.165) is 30.8 Å². The van der Waals surface area contributed by atoms with Crippen LogP contribution in [0, 0.1) is 17.8 Å². The van der Waals surface area contributed by atoms with Crippen molar-refractivity contribution in [3.63, 3.8) is 0 Å². The highest BCUT2D eigenvalue weighted by Crippen LogP contribution is 2.49. The maximum absolute atomic E-state index is 3.39. The third-order valence-corrected chi connectivity index (χ3v) is 4.69. The van der Waals surface area contributed by atoms with Crippen molar-refractivity contribution in [2.45, 2.75) is 39.0 Å². The smallest absolute Gasteiger partial charge is 0.0104 e. The Balaban J connectivity index is 1.57. The number of likely N-dealkylation sites (N-methyl/N-ethyl adjacent to an activating group) is 2. The van der Waals surface area contributed by atoms with Crippen molar-refractivity contribution in [3.8, 4) is 0 Å². The van der Waals surface area contributed by atoms with Crippen LogP contribution in [0.15, 0.2) is 0 Å². The summed E-state index contributed by atoms with van der Waals surface area (Å²) < 4.78 is 0. The minimum absolute atomic E-state index is 1.07. The topological polar surface area (TPSA) is 15.3 Å². The van der Waals surface area contributed by atoms with E-state index in [1.165, 1.54) is 32.4 Å². The number of fused-ring (bicyclic) bond motifs is 2. The highest BCUT2D eigenvalue weighted by atomic mass is 15.1. The van der Waals surface area contributed by atoms with Gasteiger partial charge in [0, 0.05) is 13.1 Å². The molecule has 0 aromatic rings. The van der Waals surface area contributed by atoms with Gasteiger partial charge >= 0.3 is 0 Å². The summed E-state index contributed by atoms with van der Waals surface area (Å²) in [4.78, 5) is 2.49. The van der Waals surface area contributed by atoms with Crippen molar-refractivity contribution in [2.24, 2.45) is 17.8 Å². The summed E-state index contributed by atoms with van der Waals surface area (Å²) in [6, 6.07) is 0. The number of hydrogen-bond donors (Lipinski definition) is 1. The average molecular weight is 224 g/mol. The van der Waals surface area contributed by atoms with Gasteiger partial charge in [0.2, 0.25) is 0 Å². The van der Waals surface area contributed by atoms with E-state index in [2.05, 4.69) is 24.2 Å². The fourth-order valence-corrected chi connectivity index (χ4v) is 3.67. The van der Waals surface area contributed by atoms with Gasteiger partial charge in [0.25, 0.3) is 0 Å². The van der Waals surface area contributed by atoms with Gasteiger partial charge < -0.3 is 10.2 Å². The van der Waals surface area contributed by atoms with Crippen LogP contribution in [0.5, 0.6) is 0 Å². The zero-order valence-corrected chi connectivity index (χ0v) is 11.0. The van der Waals surface area contributed by atoms with Gasteiger partial charge in [-0.15, -0.1) is 0 Å². The summed E-state index contributed by atoms with van der Waals surface area (Å²) in [7, 11) is 2.27. The standard InChI is InChI=1S/C14H28N2/c1-3-15-7-9-16(2)8-6-14-11-12-4-5-13(14)10-12/h12-15H,3-11H2,1-2H3. The Kier molecular flexibility index (Phi) is 4.66. The SMILES string of the molecule is CCNCCN(C)CCC1CC2CCC1C2. The van der Waals surface area contributed by atoms with Crippen molar-refractivity contribution >= 4 is 0 Å². The normalized spacial score (nSPS) is 32.8. The van der Waals surface area contributed by atoms with Crippen LogP contribution in [0.2, 0.25) is 0 Å². The second-order valence-electron chi connectivity index (χ2n) is 5.88. The Morgan fingerprint density at radius 1 is 1.19 bits per heavy atom. The van der Waals surface area contributed by atoms with E-state index in [1.54, 1.807) is 12.8 Å². The first kappa shape index (κ1) is 12.4. The molecule has 2 heteroatoms. The second-order valence-corrected chi connectivity index (χ2v) is 5.88. The lowest BCUT2D eigenvalue weighted by Crippen LogP contribution is -2.31. The fraction of sp³-hybridized carbons (Fsp3) is 1.00. The molecular formula is C14H28N2. The van der Waals surface area contributed by atoms with E-state index < -0.39 is 0 Å². The van der Waals surface area contributed by atoms with Crippen molar-refractivity contribution in [3.05, 3.63) is 0 Å². The molecule has 94 valence electrons. The van der Waals surface area contributed by atoms with Crippen LogP contribution in [-0.2, 0) is 0 Å². The van der Waals surface area contributed by atoms with Crippen LogP contribution < -0.4 is 5.32 Å². The summed E-state index contributed by atoms with van der Waals surface area (Å²) in [5, 5.41) is 3.39. The summed E-state index contributed by atoms with van der Waals surface area (Å²) in [6.45, 7) is 6.92. The van der Waals surface area contributed by atoms with Gasteiger partial charge in [-0.1, -0.05) is 13.3 Å². The lowest BCUT2D eigenvalue weighted by Gasteiger charge is -2.24. The molecule has 0 aromatic heterocycles. The number of nitrogens with zero attached hydrogens (tertiary/aromatic N) is 1. The first-order valence-corrected chi connectivity index (χ1v) is 7.18. The largest absolute Gasteiger partial charge is 0.316 e. The van der Waals surface area contributed by atoms with Gasteiger partial charge in [-0.05, 0) is 63.6 Å². The maximum Gasteiger partial charge on any atom is 0.0104 e. The Bertz CT molecular complexity index is 205. The third-order valence-electron chi connectivity index (χ3n) is 4.69. The zero-order chi connectivity index (χ0) is 11.4. The molecule has 0 aromatic carbocycles.